The summed E-state index contributed by atoms with van der Waals surface area (Å²) in [6.07, 6.45) is 1.80. The zero-order chi connectivity index (χ0) is 19.2. The number of rotatable bonds is 7. The number of nitrogens with one attached hydrogen (secondary N) is 1. The molecule has 0 radical (unpaired) electrons. The van der Waals surface area contributed by atoms with Crippen molar-refractivity contribution in [3.63, 3.8) is 0 Å². The topological polar surface area (TPSA) is 116 Å². The van der Waals surface area contributed by atoms with Gasteiger partial charge >= 0.3 is 0 Å². The van der Waals surface area contributed by atoms with Gasteiger partial charge in [0.15, 0.2) is 0 Å². The van der Waals surface area contributed by atoms with Crippen LogP contribution in [0.15, 0.2) is 73.1 Å². The molecule has 0 spiro atoms. The third-order valence-corrected chi connectivity index (χ3v) is 4.08. The smallest absolute Gasteiger partial charge is 0.244 e. The maximum absolute atomic E-state index is 12.8. The first-order valence-corrected chi connectivity index (χ1v) is 8.21. The van der Waals surface area contributed by atoms with E-state index in [-0.39, 0.29) is 11.5 Å². The van der Waals surface area contributed by atoms with E-state index < -0.39 is 11.8 Å². The van der Waals surface area contributed by atoms with Crippen molar-refractivity contribution in [2.75, 3.05) is 5.32 Å². The molecule has 0 bridgehead atoms. The second-order valence-corrected chi connectivity index (χ2v) is 5.92. The number of hydrogen-bond donors (Lipinski definition) is 2. The minimum Gasteiger partial charge on any atom is -0.366 e. The van der Waals surface area contributed by atoms with Gasteiger partial charge in [0.1, 0.15) is 6.33 Å². The highest BCUT2D eigenvalue weighted by atomic mass is 16.2. The van der Waals surface area contributed by atoms with Crippen LogP contribution >= 0.6 is 0 Å². The highest BCUT2D eigenvalue weighted by Crippen LogP contribution is 2.20. The highest BCUT2D eigenvalue weighted by Gasteiger charge is 2.25. The third kappa shape index (κ3) is 4.43. The Balaban J connectivity index is 1.75. The van der Waals surface area contributed by atoms with Gasteiger partial charge in [0, 0.05) is 11.3 Å². The first-order chi connectivity index (χ1) is 13.0. The Morgan fingerprint density at radius 2 is 1.81 bits per heavy atom. The van der Waals surface area contributed by atoms with Crippen LogP contribution in [0.5, 0.6) is 0 Å². The van der Waals surface area contributed by atoms with E-state index in [4.69, 9.17) is 5.73 Å². The van der Waals surface area contributed by atoms with Crippen LogP contribution in [-0.4, -0.2) is 32.0 Å². The van der Waals surface area contributed by atoms with E-state index in [1.807, 2.05) is 30.3 Å². The van der Waals surface area contributed by atoms with Crippen LogP contribution in [0.3, 0.4) is 0 Å². The number of amides is 2. The lowest BCUT2D eigenvalue weighted by Gasteiger charge is -2.18. The molecule has 2 amide bonds. The fourth-order valence-electron chi connectivity index (χ4n) is 2.60. The lowest BCUT2D eigenvalue weighted by Crippen LogP contribution is -2.31. The summed E-state index contributed by atoms with van der Waals surface area (Å²) in [5.74, 6) is -1.80. The molecule has 0 fully saturated rings. The molecule has 0 saturated carbocycles. The highest BCUT2D eigenvalue weighted by molar-refractivity contribution is 6.03. The second-order valence-electron chi connectivity index (χ2n) is 5.92. The van der Waals surface area contributed by atoms with Gasteiger partial charge in [0.25, 0.3) is 0 Å². The molecule has 3 aromatic rings. The number of hydrogen-bond acceptors (Lipinski definition) is 5. The largest absolute Gasteiger partial charge is 0.366 e. The second kappa shape index (κ2) is 8.05. The molecular formula is C19H18N6O2. The number of anilines is 1. The van der Waals surface area contributed by atoms with Crippen molar-refractivity contribution in [1.29, 1.82) is 0 Å². The average Bonchev–Trinajstić information content (AvgIpc) is 3.21. The lowest BCUT2D eigenvalue weighted by molar-refractivity contribution is -0.122. The van der Waals surface area contributed by atoms with E-state index in [9.17, 15) is 9.59 Å². The zero-order valence-corrected chi connectivity index (χ0v) is 14.4. The monoisotopic (exact) mass is 362 g/mol. The van der Waals surface area contributed by atoms with Crippen LogP contribution in [0.4, 0.5) is 5.69 Å². The molecule has 136 valence electrons. The number of benzene rings is 2. The number of carbonyl (C=O) groups is 2. The van der Waals surface area contributed by atoms with Crippen molar-refractivity contribution in [3.8, 4) is 5.69 Å². The van der Waals surface area contributed by atoms with Crippen molar-refractivity contribution in [2.24, 2.45) is 11.7 Å². The fraction of sp³-hybridized carbons (Fsp3) is 0.105. The molecule has 3 rings (SSSR count). The van der Waals surface area contributed by atoms with Gasteiger partial charge in [-0.3, -0.25) is 9.59 Å². The predicted molar refractivity (Wildman–Crippen MR) is 99.8 cm³/mol. The van der Waals surface area contributed by atoms with Crippen LogP contribution in [0.25, 0.3) is 5.69 Å². The van der Waals surface area contributed by atoms with Crippen molar-refractivity contribution < 1.29 is 9.59 Å². The molecule has 1 aromatic heterocycles. The first kappa shape index (κ1) is 18.0. The van der Waals surface area contributed by atoms with Crippen LogP contribution in [0.1, 0.15) is 5.56 Å². The Bertz CT molecular complexity index is 936. The molecule has 0 unspecified atom stereocenters. The van der Waals surface area contributed by atoms with E-state index in [0.717, 1.165) is 11.3 Å². The quantitative estimate of drug-likeness (QED) is 0.618. The molecule has 0 aliphatic carbocycles. The van der Waals surface area contributed by atoms with E-state index in [0.29, 0.717) is 12.1 Å². The maximum atomic E-state index is 12.8. The average molecular weight is 362 g/mol. The SMILES string of the molecule is C=C(C(N)=O)[C@H](Cc1ccccc1)C(=O)Nc1ccc(-n2cnnn2)cc1. The number of nitrogens with zero attached hydrogens (tertiary/aromatic N) is 4. The number of carbonyl (C=O) groups excluding carboxylic acids is 2. The van der Waals surface area contributed by atoms with Crippen LogP contribution in [0, 0.1) is 5.92 Å². The first-order valence-electron chi connectivity index (χ1n) is 8.21. The number of nitrogens with two attached hydrogens (primary N) is 1. The molecule has 8 heteroatoms. The van der Waals surface area contributed by atoms with Crippen molar-refractivity contribution in [3.05, 3.63) is 78.6 Å². The Hall–Kier alpha value is -3.81. The molecule has 3 N–H and O–H groups in total. The number of aromatic nitrogens is 4. The van der Waals surface area contributed by atoms with Crippen molar-refractivity contribution in [1.82, 2.24) is 20.2 Å². The summed E-state index contributed by atoms with van der Waals surface area (Å²) in [7, 11) is 0. The summed E-state index contributed by atoms with van der Waals surface area (Å²) in [4.78, 5) is 24.3. The zero-order valence-electron chi connectivity index (χ0n) is 14.4. The minimum absolute atomic E-state index is 0.0710. The van der Waals surface area contributed by atoms with E-state index in [1.165, 1.54) is 11.0 Å². The summed E-state index contributed by atoms with van der Waals surface area (Å²) in [6.45, 7) is 3.70. The molecule has 0 saturated heterocycles. The molecule has 1 heterocycles. The number of tetrazole rings is 1. The molecule has 27 heavy (non-hydrogen) atoms. The van der Waals surface area contributed by atoms with Gasteiger partial charge in [0.05, 0.1) is 11.6 Å². The minimum atomic E-state index is -0.760. The summed E-state index contributed by atoms with van der Waals surface area (Å²) < 4.78 is 1.50. The normalized spacial score (nSPS) is 11.6. The van der Waals surface area contributed by atoms with Gasteiger partial charge in [-0.2, -0.15) is 0 Å². The summed E-state index contributed by atoms with van der Waals surface area (Å²) in [6, 6.07) is 16.4. The van der Waals surface area contributed by atoms with E-state index in [2.05, 4.69) is 27.4 Å². The third-order valence-electron chi connectivity index (χ3n) is 4.08. The van der Waals surface area contributed by atoms with Gasteiger partial charge in [0.2, 0.25) is 11.8 Å². The summed E-state index contributed by atoms with van der Waals surface area (Å²) in [5, 5.41) is 13.8. The van der Waals surface area contributed by atoms with Gasteiger partial charge in [-0.1, -0.05) is 36.9 Å². The maximum Gasteiger partial charge on any atom is 0.244 e. The Morgan fingerprint density at radius 3 is 2.41 bits per heavy atom. The van der Waals surface area contributed by atoms with Gasteiger partial charge in [-0.25, -0.2) is 4.68 Å². The number of primary amides is 1. The van der Waals surface area contributed by atoms with Crippen LogP contribution in [-0.2, 0) is 16.0 Å². The van der Waals surface area contributed by atoms with Gasteiger partial charge in [-0.05, 0) is 46.7 Å². The summed E-state index contributed by atoms with van der Waals surface area (Å²) in [5.41, 5.74) is 7.66. The molecule has 8 nitrogen and oxygen atoms in total. The van der Waals surface area contributed by atoms with E-state index in [1.54, 1.807) is 24.3 Å². The molecule has 2 aromatic carbocycles. The Labute approximate surface area is 155 Å². The molecule has 0 aliphatic rings. The Kier molecular flexibility index (Phi) is 5.36. The standard InChI is InChI=1S/C19H18N6O2/c1-13(18(20)26)17(11-14-5-3-2-4-6-14)19(27)22-15-7-9-16(10-8-15)25-12-21-23-24-25/h2-10,12,17H,1,11H2,(H2,20,26)(H,22,27)/t17-/m0/s1. The van der Waals surface area contributed by atoms with Crippen molar-refractivity contribution in [2.45, 2.75) is 6.42 Å². The lowest BCUT2D eigenvalue weighted by atomic mass is 9.91. The fourth-order valence-corrected chi connectivity index (χ4v) is 2.60. The van der Waals surface area contributed by atoms with Crippen LogP contribution < -0.4 is 11.1 Å². The molecular weight excluding hydrogens is 344 g/mol. The Morgan fingerprint density at radius 1 is 1.11 bits per heavy atom. The van der Waals surface area contributed by atoms with Gasteiger partial charge in [-0.15, -0.1) is 5.10 Å². The summed E-state index contributed by atoms with van der Waals surface area (Å²) >= 11 is 0. The predicted octanol–water partition coefficient (Wildman–Crippen LogP) is 1.50. The van der Waals surface area contributed by atoms with Gasteiger partial charge < -0.3 is 11.1 Å². The van der Waals surface area contributed by atoms with Crippen molar-refractivity contribution >= 4 is 17.5 Å². The van der Waals surface area contributed by atoms with Crippen LogP contribution in [0.2, 0.25) is 0 Å². The molecule has 0 aliphatic heterocycles. The van der Waals surface area contributed by atoms with E-state index >= 15 is 0 Å². The molecule has 1 atom stereocenters.